The molecule has 0 spiro atoms. The number of fused-ring (bicyclic) bond motifs is 1. The molecule has 2 atom stereocenters. The molecule has 0 fully saturated rings. The molecule has 0 saturated carbocycles. The molecule has 4 heteroatoms. The molecule has 0 radical (unpaired) electrons. The van der Waals surface area contributed by atoms with E-state index in [-0.39, 0.29) is 24.1 Å². The highest BCUT2D eigenvalue weighted by Crippen LogP contribution is 2.31. The van der Waals surface area contributed by atoms with Crippen molar-refractivity contribution in [3.63, 3.8) is 0 Å². The zero-order valence-electron chi connectivity index (χ0n) is 11.5. The van der Waals surface area contributed by atoms with E-state index >= 15 is 0 Å². The second kappa shape index (κ2) is 5.58. The number of rotatable bonds is 3. The number of aliphatic hydroxyl groups excluding tert-OH is 1. The zero-order chi connectivity index (χ0) is 14.8. The van der Waals surface area contributed by atoms with E-state index in [0.29, 0.717) is 12.0 Å². The lowest BCUT2D eigenvalue weighted by Gasteiger charge is -2.18. The number of hydrogen-bond acceptors (Lipinski definition) is 3. The Balaban J connectivity index is 1.72. The maximum Gasteiger partial charge on any atom is 0.225 e. The van der Waals surface area contributed by atoms with Crippen molar-refractivity contribution in [2.45, 2.75) is 25.0 Å². The monoisotopic (exact) mass is 283 g/mol. The van der Waals surface area contributed by atoms with Gasteiger partial charge in [0.25, 0.3) is 0 Å². The van der Waals surface area contributed by atoms with Crippen LogP contribution in [0, 0.1) is 0 Å². The number of para-hydroxylation sites is 1. The quantitative estimate of drug-likeness (QED) is 0.803. The number of aromatic hydroxyl groups is 1. The Labute approximate surface area is 123 Å². The van der Waals surface area contributed by atoms with Gasteiger partial charge >= 0.3 is 0 Å². The Bertz CT molecular complexity index is 669. The number of phenolic OH excluding ortho intramolecular Hbond substituents is 1. The summed E-state index contributed by atoms with van der Waals surface area (Å²) >= 11 is 0. The molecule has 3 N–H and O–H groups in total. The molecule has 2 unspecified atom stereocenters. The fourth-order valence-electron chi connectivity index (χ4n) is 2.81. The highest BCUT2D eigenvalue weighted by atomic mass is 16.3. The Morgan fingerprint density at radius 1 is 1.14 bits per heavy atom. The van der Waals surface area contributed by atoms with Gasteiger partial charge in [0, 0.05) is 12.0 Å². The summed E-state index contributed by atoms with van der Waals surface area (Å²) in [6.07, 6.45) is 0.0474. The minimum atomic E-state index is -0.601. The second-order valence-electron chi connectivity index (χ2n) is 5.32. The lowest BCUT2D eigenvalue weighted by molar-refractivity contribution is -0.122. The molecule has 0 bridgehead atoms. The third-order valence-corrected chi connectivity index (χ3v) is 3.86. The summed E-state index contributed by atoms with van der Waals surface area (Å²) in [6.45, 7) is 0. The molecule has 0 heterocycles. The lowest BCUT2D eigenvalue weighted by Crippen LogP contribution is -2.34. The fraction of sp³-hybridized carbons (Fsp3) is 0.235. The van der Waals surface area contributed by atoms with Crippen molar-refractivity contribution >= 4 is 5.91 Å². The van der Waals surface area contributed by atoms with Crippen LogP contribution in [0.3, 0.4) is 0 Å². The van der Waals surface area contributed by atoms with Crippen LogP contribution in [0.2, 0.25) is 0 Å². The molecule has 0 aliphatic heterocycles. The Kier molecular flexibility index (Phi) is 3.62. The summed E-state index contributed by atoms with van der Waals surface area (Å²) in [7, 11) is 0. The summed E-state index contributed by atoms with van der Waals surface area (Å²) in [6, 6.07) is 14.1. The van der Waals surface area contributed by atoms with Crippen LogP contribution in [-0.2, 0) is 17.6 Å². The number of benzene rings is 2. The van der Waals surface area contributed by atoms with E-state index in [4.69, 9.17) is 0 Å². The zero-order valence-corrected chi connectivity index (χ0v) is 11.5. The predicted octanol–water partition coefficient (Wildman–Crippen LogP) is 1.71. The number of hydrogen-bond donors (Lipinski definition) is 3. The molecule has 0 aromatic heterocycles. The van der Waals surface area contributed by atoms with E-state index in [9.17, 15) is 15.0 Å². The third kappa shape index (κ3) is 2.76. The Hall–Kier alpha value is -2.33. The Morgan fingerprint density at radius 2 is 1.86 bits per heavy atom. The third-order valence-electron chi connectivity index (χ3n) is 3.86. The number of phenols is 1. The number of carbonyl (C=O) groups excluding carboxylic acids is 1. The molecule has 4 nitrogen and oxygen atoms in total. The topological polar surface area (TPSA) is 69.6 Å². The minimum absolute atomic E-state index is 0.0953. The summed E-state index contributed by atoms with van der Waals surface area (Å²) in [5.41, 5.74) is 2.62. The first-order chi connectivity index (χ1) is 10.1. The number of amides is 1. The van der Waals surface area contributed by atoms with Crippen molar-refractivity contribution in [2.24, 2.45) is 0 Å². The molecule has 3 rings (SSSR count). The standard InChI is InChI=1S/C17H17NO3/c19-14-8-4-2-6-12(14)10-16(21)18-17-13-7-3-1-5-11(13)9-15(17)20/h1-8,15,17,19-20H,9-10H2,(H,18,21). The smallest absolute Gasteiger partial charge is 0.225 e. The first-order valence-corrected chi connectivity index (χ1v) is 6.97. The molecule has 2 aromatic carbocycles. The maximum atomic E-state index is 12.1. The van der Waals surface area contributed by atoms with Crippen LogP contribution < -0.4 is 5.32 Å². The van der Waals surface area contributed by atoms with Gasteiger partial charge < -0.3 is 15.5 Å². The first kappa shape index (κ1) is 13.6. The van der Waals surface area contributed by atoms with Crippen LogP contribution in [0.25, 0.3) is 0 Å². The van der Waals surface area contributed by atoms with Crippen LogP contribution in [0.15, 0.2) is 48.5 Å². The highest BCUT2D eigenvalue weighted by molar-refractivity contribution is 5.80. The maximum absolute atomic E-state index is 12.1. The van der Waals surface area contributed by atoms with E-state index in [1.807, 2.05) is 24.3 Å². The molecule has 1 aliphatic rings. The molecule has 108 valence electrons. The van der Waals surface area contributed by atoms with Crippen LogP contribution in [0.1, 0.15) is 22.7 Å². The molecule has 1 aliphatic carbocycles. The van der Waals surface area contributed by atoms with Gasteiger partial charge in [0.05, 0.1) is 18.6 Å². The average Bonchev–Trinajstić information content (AvgIpc) is 2.78. The molecule has 21 heavy (non-hydrogen) atoms. The average molecular weight is 283 g/mol. The van der Waals surface area contributed by atoms with E-state index in [1.165, 1.54) is 0 Å². The van der Waals surface area contributed by atoms with Crippen molar-refractivity contribution in [3.8, 4) is 5.75 Å². The van der Waals surface area contributed by atoms with Gasteiger partial charge in [0.1, 0.15) is 5.75 Å². The van der Waals surface area contributed by atoms with Crippen LogP contribution >= 0.6 is 0 Å². The molecule has 1 amide bonds. The van der Waals surface area contributed by atoms with Crippen molar-refractivity contribution in [3.05, 3.63) is 65.2 Å². The van der Waals surface area contributed by atoms with Crippen molar-refractivity contribution in [1.82, 2.24) is 5.32 Å². The van der Waals surface area contributed by atoms with E-state index in [1.54, 1.807) is 24.3 Å². The van der Waals surface area contributed by atoms with Gasteiger partial charge in [-0.3, -0.25) is 4.79 Å². The van der Waals surface area contributed by atoms with Crippen molar-refractivity contribution in [1.29, 1.82) is 0 Å². The largest absolute Gasteiger partial charge is 0.508 e. The number of nitrogens with one attached hydrogen (secondary N) is 1. The van der Waals surface area contributed by atoms with Crippen molar-refractivity contribution in [2.75, 3.05) is 0 Å². The van der Waals surface area contributed by atoms with Crippen LogP contribution in [0.4, 0.5) is 0 Å². The normalized spacial score (nSPS) is 20.0. The minimum Gasteiger partial charge on any atom is -0.508 e. The second-order valence-corrected chi connectivity index (χ2v) is 5.32. The van der Waals surface area contributed by atoms with E-state index in [2.05, 4.69) is 5.32 Å². The molecular formula is C17H17NO3. The van der Waals surface area contributed by atoms with Gasteiger partial charge in [-0.15, -0.1) is 0 Å². The Morgan fingerprint density at radius 3 is 2.67 bits per heavy atom. The number of carbonyl (C=O) groups is 1. The molecule has 0 saturated heterocycles. The van der Waals surface area contributed by atoms with Crippen LogP contribution in [-0.4, -0.2) is 22.2 Å². The van der Waals surface area contributed by atoms with Gasteiger partial charge in [0.2, 0.25) is 5.91 Å². The van der Waals surface area contributed by atoms with Crippen molar-refractivity contribution < 1.29 is 15.0 Å². The van der Waals surface area contributed by atoms with E-state index < -0.39 is 6.10 Å². The van der Waals surface area contributed by atoms with Gasteiger partial charge in [-0.05, 0) is 17.2 Å². The van der Waals surface area contributed by atoms with Gasteiger partial charge in [-0.25, -0.2) is 0 Å². The van der Waals surface area contributed by atoms with Gasteiger partial charge in [0.15, 0.2) is 0 Å². The summed E-state index contributed by atoms with van der Waals surface area (Å²) in [5, 5.41) is 22.7. The molecular weight excluding hydrogens is 266 g/mol. The summed E-state index contributed by atoms with van der Waals surface area (Å²) in [4.78, 5) is 12.1. The SMILES string of the molecule is O=C(Cc1ccccc1O)NC1c2ccccc2CC1O. The predicted molar refractivity (Wildman–Crippen MR) is 78.8 cm³/mol. The summed E-state index contributed by atoms with van der Waals surface area (Å²) < 4.78 is 0. The van der Waals surface area contributed by atoms with Crippen LogP contribution in [0.5, 0.6) is 5.75 Å². The lowest BCUT2D eigenvalue weighted by atomic mass is 10.1. The fourth-order valence-corrected chi connectivity index (χ4v) is 2.81. The number of aliphatic hydroxyl groups is 1. The van der Waals surface area contributed by atoms with Gasteiger partial charge in [-0.1, -0.05) is 42.5 Å². The van der Waals surface area contributed by atoms with Gasteiger partial charge in [-0.2, -0.15) is 0 Å². The highest BCUT2D eigenvalue weighted by Gasteiger charge is 2.31. The van der Waals surface area contributed by atoms with E-state index in [0.717, 1.165) is 11.1 Å². The first-order valence-electron chi connectivity index (χ1n) is 6.97. The summed E-state index contributed by atoms with van der Waals surface area (Å²) in [5.74, 6) is -0.0997. The molecule has 2 aromatic rings.